The van der Waals surface area contributed by atoms with Crippen molar-refractivity contribution < 1.29 is 29.7 Å². The van der Waals surface area contributed by atoms with E-state index in [0.29, 0.717) is 6.08 Å². The van der Waals surface area contributed by atoms with Crippen LogP contribution in [0.3, 0.4) is 0 Å². The van der Waals surface area contributed by atoms with Gasteiger partial charge in [0.2, 0.25) is 0 Å². The summed E-state index contributed by atoms with van der Waals surface area (Å²) in [7, 11) is 0. The Morgan fingerprint density at radius 1 is 0.656 bits per heavy atom. The van der Waals surface area contributed by atoms with Crippen molar-refractivity contribution in [3.63, 3.8) is 0 Å². The monoisotopic (exact) mass is 561 g/mol. The molecule has 0 aliphatic heterocycles. The summed E-state index contributed by atoms with van der Waals surface area (Å²) in [4.78, 5) is 29.5. The Morgan fingerprint density at radius 3 is 1.38 bits per heavy atom. The Bertz CT molecular complexity index is 471. The first kappa shape index (κ1) is 35.5. The Kier molecular flexibility index (Phi) is 33.3. The van der Waals surface area contributed by atoms with E-state index in [1.807, 2.05) is 0 Å². The van der Waals surface area contributed by atoms with Gasteiger partial charge >= 0.3 is 69.5 Å². The predicted molar refractivity (Wildman–Crippen MR) is 126 cm³/mol. The molecule has 0 spiro atoms. The molecule has 0 bridgehead atoms. The van der Waals surface area contributed by atoms with E-state index in [1.165, 1.54) is 70.6 Å². The number of carbonyl (C=O) groups excluding carboxylic acids is 3. The fourth-order valence-electron chi connectivity index (χ4n) is 2.54. The molecule has 0 aromatic carbocycles. The molecule has 0 saturated carbocycles. The molecule has 0 aliphatic rings. The zero-order chi connectivity index (χ0) is 25.0. The van der Waals surface area contributed by atoms with Crippen LogP contribution in [-0.2, 0) is 14.4 Å². The van der Waals surface area contributed by atoms with Gasteiger partial charge in [-0.1, -0.05) is 58.3 Å². The van der Waals surface area contributed by atoms with Crippen molar-refractivity contribution >= 4 is 39.1 Å². The topological polar surface area (TPSA) is 120 Å². The standard InChI is InChI=1S/C12H24O2.C5H6O4.2C4H9.Sn/c1-2-3-4-5-6-7-8-9-10-11-12(13)14;1-3(5(8)9)2-4(6)7;2*1-3-4-2;/h2-11H2,1H3,(H,13,14);2H,1H3,(H,6,7)(H,8,9);2*1,3-4H2,2H3;/q;;;;+2/p-3/b;3-2-;;;. The first-order valence-electron chi connectivity index (χ1n) is 12.2. The minimum atomic E-state index is -1.53. The summed E-state index contributed by atoms with van der Waals surface area (Å²) in [6, 6.07) is 0. The number of carbonyl (C=O) groups is 3. The molecule has 0 amide bonds. The van der Waals surface area contributed by atoms with E-state index in [-0.39, 0.29) is 33.1 Å². The number of hydrogen-bond donors (Lipinski definition) is 0. The van der Waals surface area contributed by atoms with Crippen molar-refractivity contribution in [3.05, 3.63) is 11.6 Å². The molecule has 0 N–H and O–H groups in total. The SMILES string of the molecule is C/C(=C/C(=O)[O-])C(=O)[O-].CCCCCCCCCCCC(=O)[O-].CCC[CH2][Sn+2][CH2]CCC. The summed E-state index contributed by atoms with van der Waals surface area (Å²) in [5, 5.41) is 29.5. The van der Waals surface area contributed by atoms with Crippen LogP contribution in [0.25, 0.3) is 0 Å². The van der Waals surface area contributed by atoms with Gasteiger partial charge in [-0.2, -0.15) is 0 Å². The van der Waals surface area contributed by atoms with Gasteiger partial charge < -0.3 is 29.7 Å². The average molecular weight is 560 g/mol. The van der Waals surface area contributed by atoms with Crippen LogP contribution in [0.2, 0.25) is 8.87 Å². The quantitative estimate of drug-likeness (QED) is 0.144. The molecule has 0 atom stereocenters. The van der Waals surface area contributed by atoms with Gasteiger partial charge in [-0.3, -0.25) is 0 Å². The average Bonchev–Trinajstić information content (AvgIpc) is 2.73. The van der Waals surface area contributed by atoms with Gasteiger partial charge in [0.05, 0.1) is 11.9 Å². The third kappa shape index (κ3) is 39.4. The molecule has 0 aromatic heterocycles. The molecular weight excluding hydrogens is 515 g/mol. The summed E-state index contributed by atoms with van der Waals surface area (Å²) in [5.74, 6) is -3.94. The summed E-state index contributed by atoms with van der Waals surface area (Å²) >= 11 is 0.149. The van der Waals surface area contributed by atoms with Crippen LogP contribution in [0.4, 0.5) is 0 Å². The molecule has 0 radical (unpaired) electrons. The fourth-order valence-corrected chi connectivity index (χ4v) is 6.70. The van der Waals surface area contributed by atoms with Gasteiger partial charge in [0.25, 0.3) is 0 Å². The summed E-state index contributed by atoms with van der Waals surface area (Å²) < 4.78 is 3.25. The second-order valence-electron chi connectivity index (χ2n) is 7.84. The molecule has 0 rings (SSSR count). The van der Waals surface area contributed by atoms with Gasteiger partial charge in [0.1, 0.15) is 0 Å². The molecule has 32 heavy (non-hydrogen) atoms. The van der Waals surface area contributed by atoms with Crippen LogP contribution < -0.4 is 15.3 Å². The Balaban J connectivity index is -0.000000411. The van der Waals surface area contributed by atoms with Crippen LogP contribution in [0, 0.1) is 0 Å². The van der Waals surface area contributed by atoms with E-state index >= 15 is 0 Å². The first-order chi connectivity index (χ1) is 15.2. The zero-order valence-electron chi connectivity index (χ0n) is 20.8. The molecule has 0 aromatic rings. The molecule has 0 unspecified atom stereocenters. The Hall–Kier alpha value is -1.05. The maximum atomic E-state index is 10.1. The Morgan fingerprint density at radius 2 is 1.06 bits per heavy atom. The van der Waals surface area contributed by atoms with Crippen LogP contribution in [0.1, 0.15) is 118 Å². The molecule has 0 aliphatic carbocycles. The van der Waals surface area contributed by atoms with E-state index in [2.05, 4.69) is 20.8 Å². The summed E-state index contributed by atoms with van der Waals surface area (Å²) in [6.07, 6.45) is 17.5. The minimum absolute atomic E-state index is 0.149. The number of carboxylic acids is 3. The molecular formula is C25H45O6Sn-. The fraction of sp³-hybridized carbons (Fsp3) is 0.800. The zero-order valence-corrected chi connectivity index (χ0v) is 23.7. The van der Waals surface area contributed by atoms with E-state index in [1.54, 1.807) is 8.87 Å². The van der Waals surface area contributed by atoms with Crippen LogP contribution >= 0.6 is 0 Å². The van der Waals surface area contributed by atoms with Gasteiger partial charge in [-0.25, -0.2) is 0 Å². The van der Waals surface area contributed by atoms with E-state index in [4.69, 9.17) is 0 Å². The van der Waals surface area contributed by atoms with Crippen molar-refractivity contribution in [2.45, 2.75) is 126 Å². The number of carboxylic acid groups (broad SMARTS) is 3. The molecule has 0 saturated heterocycles. The molecule has 186 valence electrons. The predicted octanol–water partition coefficient (Wildman–Crippen LogP) is 3.22. The third-order valence-corrected chi connectivity index (χ3v) is 8.59. The maximum absolute atomic E-state index is 10.1. The summed E-state index contributed by atoms with van der Waals surface area (Å²) in [5.41, 5.74) is -0.352. The normalized spacial score (nSPS) is 10.2. The van der Waals surface area contributed by atoms with Crippen molar-refractivity contribution in [2.24, 2.45) is 0 Å². The third-order valence-electron chi connectivity index (χ3n) is 4.56. The second-order valence-corrected chi connectivity index (χ2v) is 12.1. The second kappa shape index (κ2) is 29.9. The van der Waals surface area contributed by atoms with Crippen LogP contribution in [0.15, 0.2) is 11.6 Å². The van der Waals surface area contributed by atoms with Crippen molar-refractivity contribution in [1.82, 2.24) is 0 Å². The number of aliphatic carboxylic acids is 3. The van der Waals surface area contributed by atoms with Crippen LogP contribution in [0.5, 0.6) is 0 Å². The molecule has 6 nitrogen and oxygen atoms in total. The number of rotatable bonds is 18. The molecule has 0 fully saturated rings. The van der Waals surface area contributed by atoms with Gasteiger partial charge in [-0.15, -0.1) is 0 Å². The van der Waals surface area contributed by atoms with Gasteiger partial charge in [0.15, 0.2) is 0 Å². The first-order valence-corrected chi connectivity index (χ1v) is 16.3. The van der Waals surface area contributed by atoms with Gasteiger partial charge in [0, 0.05) is 5.97 Å². The van der Waals surface area contributed by atoms with Gasteiger partial charge in [-0.05, 0) is 31.4 Å². The van der Waals surface area contributed by atoms with E-state index in [0.717, 1.165) is 19.8 Å². The van der Waals surface area contributed by atoms with Crippen molar-refractivity contribution in [2.75, 3.05) is 0 Å². The van der Waals surface area contributed by atoms with E-state index < -0.39 is 17.9 Å². The number of hydrogen-bond acceptors (Lipinski definition) is 6. The van der Waals surface area contributed by atoms with Crippen molar-refractivity contribution in [1.29, 1.82) is 0 Å². The van der Waals surface area contributed by atoms with E-state index in [9.17, 15) is 29.7 Å². The summed E-state index contributed by atoms with van der Waals surface area (Å²) in [6.45, 7) is 7.92. The Labute approximate surface area is 206 Å². The molecule has 7 heteroatoms. The van der Waals surface area contributed by atoms with Crippen molar-refractivity contribution in [3.8, 4) is 0 Å². The van der Waals surface area contributed by atoms with Crippen LogP contribution in [-0.4, -0.2) is 39.1 Å². The molecule has 0 heterocycles. The number of unbranched alkanes of at least 4 members (excludes halogenated alkanes) is 10.